The Morgan fingerprint density at radius 1 is 1.33 bits per heavy atom. The van der Waals surface area contributed by atoms with E-state index in [1.165, 1.54) is 6.08 Å². The van der Waals surface area contributed by atoms with E-state index in [2.05, 4.69) is 4.18 Å². The number of halogens is 3. The van der Waals surface area contributed by atoms with Gasteiger partial charge in [-0.3, -0.25) is 0 Å². The largest absolute Gasteiger partial charge is 0.534 e. The summed E-state index contributed by atoms with van der Waals surface area (Å²) >= 11 is 0. The molecule has 0 aromatic carbocycles. The first-order valence-corrected chi connectivity index (χ1v) is 5.85. The second-order valence-corrected chi connectivity index (χ2v) is 4.35. The van der Waals surface area contributed by atoms with Crippen molar-refractivity contribution in [3.63, 3.8) is 0 Å². The second-order valence-electron chi connectivity index (χ2n) is 2.81. The number of hydrogen-bond acceptors (Lipinski definition) is 3. The van der Waals surface area contributed by atoms with Crippen molar-refractivity contribution in [1.82, 2.24) is 0 Å². The van der Waals surface area contributed by atoms with Crippen molar-refractivity contribution in [1.29, 1.82) is 0 Å². The molecule has 0 bridgehead atoms. The molecule has 0 aliphatic carbocycles. The Balaban J connectivity index is 4.77. The van der Waals surface area contributed by atoms with Crippen molar-refractivity contribution < 1.29 is 25.8 Å². The summed E-state index contributed by atoms with van der Waals surface area (Å²) in [6.45, 7) is 3.40. The second kappa shape index (κ2) is 5.39. The van der Waals surface area contributed by atoms with Gasteiger partial charge in [0.15, 0.2) is 0 Å². The van der Waals surface area contributed by atoms with E-state index < -0.39 is 15.6 Å². The SMILES string of the molecule is CC/C=C(\CCC)OS(=O)(=O)C(F)(F)F. The van der Waals surface area contributed by atoms with Crippen LogP contribution in [0.2, 0.25) is 0 Å². The van der Waals surface area contributed by atoms with E-state index in [1.807, 2.05) is 0 Å². The lowest BCUT2D eigenvalue weighted by Gasteiger charge is -2.11. The van der Waals surface area contributed by atoms with Gasteiger partial charge in [-0.15, -0.1) is 0 Å². The van der Waals surface area contributed by atoms with E-state index in [0.29, 0.717) is 12.8 Å². The molecular formula is C8H13F3O3S. The van der Waals surface area contributed by atoms with Crippen LogP contribution in [0.3, 0.4) is 0 Å². The smallest absolute Gasteiger partial charge is 0.381 e. The van der Waals surface area contributed by atoms with Gasteiger partial charge in [0.2, 0.25) is 0 Å². The summed E-state index contributed by atoms with van der Waals surface area (Å²) in [5.74, 6) is -0.155. The van der Waals surface area contributed by atoms with Gasteiger partial charge in [-0.25, -0.2) is 0 Å². The fraction of sp³-hybridized carbons (Fsp3) is 0.750. The molecule has 3 nitrogen and oxygen atoms in total. The molecule has 0 fully saturated rings. The van der Waals surface area contributed by atoms with Crippen molar-refractivity contribution in [2.75, 3.05) is 0 Å². The zero-order chi connectivity index (χ0) is 12.1. The molecule has 0 atom stereocenters. The first-order valence-electron chi connectivity index (χ1n) is 4.44. The molecule has 0 spiro atoms. The van der Waals surface area contributed by atoms with Gasteiger partial charge in [0.1, 0.15) is 5.76 Å². The highest BCUT2D eigenvalue weighted by Gasteiger charge is 2.48. The molecule has 0 heterocycles. The predicted octanol–water partition coefficient (Wildman–Crippen LogP) is 2.95. The third-order valence-corrected chi connectivity index (χ3v) is 2.43. The number of allylic oxidation sites excluding steroid dienone is 2. The highest BCUT2D eigenvalue weighted by molar-refractivity contribution is 7.87. The molecule has 0 saturated heterocycles. The van der Waals surface area contributed by atoms with E-state index >= 15 is 0 Å². The molecule has 0 rings (SSSR count). The molecule has 0 unspecified atom stereocenters. The molecule has 0 aromatic rings. The van der Waals surface area contributed by atoms with Crippen LogP contribution in [0.1, 0.15) is 33.1 Å². The third kappa shape index (κ3) is 4.55. The molecule has 90 valence electrons. The van der Waals surface area contributed by atoms with Gasteiger partial charge >= 0.3 is 15.6 Å². The van der Waals surface area contributed by atoms with E-state index in [0.717, 1.165) is 0 Å². The van der Waals surface area contributed by atoms with Gasteiger partial charge in [0.25, 0.3) is 0 Å². The Hall–Kier alpha value is -0.720. The summed E-state index contributed by atoms with van der Waals surface area (Å²) in [5, 5.41) is 0. The normalized spacial score (nSPS) is 14.1. The van der Waals surface area contributed by atoms with E-state index in [4.69, 9.17) is 0 Å². The summed E-state index contributed by atoms with van der Waals surface area (Å²) in [4.78, 5) is 0. The Kier molecular flexibility index (Phi) is 5.13. The van der Waals surface area contributed by atoms with Crippen LogP contribution < -0.4 is 0 Å². The van der Waals surface area contributed by atoms with Crippen LogP contribution in [0, 0.1) is 0 Å². The van der Waals surface area contributed by atoms with Gasteiger partial charge in [-0.1, -0.05) is 13.8 Å². The maximum absolute atomic E-state index is 11.9. The van der Waals surface area contributed by atoms with Crippen LogP contribution in [-0.2, 0) is 14.3 Å². The van der Waals surface area contributed by atoms with Crippen LogP contribution in [0.25, 0.3) is 0 Å². The monoisotopic (exact) mass is 246 g/mol. The van der Waals surface area contributed by atoms with Crippen LogP contribution in [0.4, 0.5) is 13.2 Å². The fourth-order valence-electron chi connectivity index (χ4n) is 0.840. The molecule has 0 aromatic heterocycles. The van der Waals surface area contributed by atoms with Crippen LogP contribution in [-0.4, -0.2) is 13.9 Å². The Bertz CT molecular complexity index is 317. The molecule has 0 radical (unpaired) electrons. The first kappa shape index (κ1) is 14.3. The van der Waals surface area contributed by atoms with Crippen molar-refractivity contribution in [3.05, 3.63) is 11.8 Å². The molecule has 0 aliphatic rings. The summed E-state index contributed by atoms with van der Waals surface area (Å²) in [7, 11) is -5.51. The molecular weight excluding hydrogens is 233 g/mol. The molecule has 15 heavy (non-hydrogen) atoms. The average molecular weight is 246 g/mol. The van der Waals surface area contributed by atoms with Crippen molar-refractivity contribution in [2.24, 2.45) is 0 Å². The zero-order valence-electron chi connectivity index (χ0n) is 8.47. The highest BCUT2D eigenvalue weighted by atomic mass is 32.2. The fourth-order valence-corrected chi connectivity index (χ4v) is 1.37. The highest BCUT2D eigenvalue weighted by Crippen LogP contribution is 2.27. The minimum Gasteiger partial charge on any atom is -0.381 e. The average Bonchev–Trinajstić information content (AvgIpc) is 2.02. The Morgan fingerprint density at radius 2 is 1.87 bits per heavy atom. The summed E-state index contributed by atoms with van der Waals surface area (Å²) in [6.07, 6.45) is 2.43. The van der Waals surface area contributed by atoms with Crippen LogP contribution in [0.5, 0.6) is 0 Å². The molecule has 0 saturated carbocycles. The topological polar surface area (TPSA) is 43.4 Å². The number of rotatable bonds is 5. The van der Waals surface area contributed by atoms with Crippen molar-refractivity contribution in [2.45, 2.75) is 38.6 Å². The van der Waals surface area contributed by atoms with Gasteiger partial charge in [0, 0.05) is 6.42 Å². The third-order valence-electron chi connectivity index (χ3n) is 1.43. The Morgan fingerprint density at radius 3 is 2.20 bits per heavy atom. The maximum Gasteiger partial charge on any atom is 0.534 e. The lowest BCUT2D eigenvalue weighted by atomic mass is 10.2. The Labute approximate surface area is 87.0 Å². The van der Waals surface area contributed by atoms with Crippen molar-refractivity contribution in [3.8, 4) is 0 Å². The number of alkyl halides is 3. The van der Waals surface area contributed by atoms with Gasteiger partial charge in [0.05, 0.1) is 0 Å². The van der Waals surface area contributed by atoms with Gasteiger partial charge < -0.3 is 4.18 Å². The standard InChI is InChI=1S/C8H13F3O3S/c1-3-5-7(6-4-2)14-15(12,13)8(9,10)11/h5H,3-4,6H2,1-2H3/b7-5+. The molecule has 0 N–H and O–H groups in total. The van der Waals surface area contributed by atoms with Crippen LogP contribution >= 0.6 is 0 Å². The predicted molar refractivity (Wildman–Crippen MR) is 49.3 cm³/mol. The van der Waals surface area contributed by atoms with Crippen LogP contribution in [0.15, 0.2) is 11.8 Å². The summed E-state index contributed by atoms with van der Waals surface area (Å²) in [6, 6.07) is 0. The zero-order valence-corrected chi connectivity index (χ0v) is 9.28. The minimum atomic E-state index is -5.51. The quantitative estimate of drug-likeness (QED) is 0.425. The summed E-state index contributed by atoms with van der Waals surface area (Å²) < 4.78 is 61.0. The van der Waals surface area contributed by atoms with Crippen molar-refractivity contribution >= 4 is 10.1 Å². The van der Waals surface area contributed by atoms with E-state index in [9.17, 15) is 21.6 Å². The van der Waals surface area contributed by atoms with E-state index in [-0.39, 0.29) is 12.2 Å². The first-order chi connectivity index (χ1) is 6.74. The lowest BCUT2D eigenvalue weighted by Crippen LogP contribution is -2.25. The maximum atomic E-state index is 11.9. The molecule has 7 heteroatoms. The number of hydrogen-bond donors (Lipinski definition) is 0. The van der Waals surface area contributed by atoms with Gasteiger partial charge in [-0.05, 0) is 18.9 Å². The molecule has 0 aliphatic heterocycles. The minimum absolute atomic E-state index is 0.155. The van der Waals surface area contributed by atoms with Gasteiger partial charge in [-0.2, -0.15) is 21.6 Å². The lowest BCUT2D eigenvalue weighted by molar-refractivity contribution is -0.0523. The molecule has 0 amide bonds. The van der Waals surface area contributed by atoms with E-state index in [1.54, 1.807) is 13.8 Å². The summed E-state index contributed by atoms with van der Waals surface area (Å²) in [5.41, 5.74) is -5.37.